The maximum atomic E-state index is 10.1. The van der Waals surface area contributed by atoms with Gasteiger partial charge in [0, 0.05) is 33.0 Å². The molecule has 0 aliphatic carbocycles. The first kappa shape index (κ1) is 11.2. The molecule has 1 heterocycles. The molecule has 1 N–H and O–H groups in total. The highest BCUT2D eigenvalue weighted by Crippen LogP contribution is 2.16. The SMILES string of the molecule is CCC(O)(COC)Cc1nccn1C. The second-order valence-electron chi connectivity index (χ2n) is 3.64. The van der Waals surface area contributed by atoms with Gasteiger partial charge in [-0.15, -0.1) is 0 Å². The summed E-state index contributed by atoms with van der Waals surface area (Å²) in [7, 11) is 3.52. The molecule has 0 fully saturated rings. The van der Waals surface area contributed by atoms with Crippen LogP contribution in [0.4, 0.5) is 0 Å². The summed E-state index contributed by atoms with van der Waals surface area (Å²) in [5, 5.41) is 10.1. The minimum absolute atomic E-state index is 0.344. The number of hydrogen-bond acceptors (Lipinski definition) is 3. The molecule has 0 radical (unpaired) electrons. The Morgan fingerprint density at radius 3 is 2.79 bits per heavy atom. The molecule has 4 heteroatoms. The molecule has 0 aliphatic rings. The number of methoxy groups -OCH3 is 1. The Morgan fingerprint density at radius 2 is 2.36 bits per heavy atom. The highest BCUT2D eigenvalue weighted by molar-refractivity contribution is 4.97. The molecule has 0 amide bonds. The maximum absolute atomic E-state index is 10.1. The van der Waals surface area contributed by atoms with Gasteiger partial charge in [0.05, 0.1) is 12.2 Å². The zero-order valence-electron chi connectivity index (χ0n) is 9.03. The summed E-state index contributed by atoms with van der Waals surface area (Å²) in [6.45, 7) is 2.29. The highest BCUT2D eigenvalue weighted by Gasteiger charge is 2.26. The third-order valence-electron chi connectivity index (χ3n) is 2.48. The summed E-state index contributed by atoms with van der Waals surface area (Å²) in [5.74, 6) is 0.881. The van der Waals surface area contributed by atoms with Crippen molar-refractivity contribution in [3.8, 4) is 0 Å². The number of rotatable bonds is 5. The van der Waals surface area contributed by atoms with Crippen LogP contribution in [0.3, 0.4) is 0 Å². The van der Waals surface area contributed by atoms with Gasteiger partial charge in [0.1, 0.15) is 5.82 Å². The minimum atomic E-state index is -0.798. The normalized spacial score (nSPS) is 15.4. The van der Waals surface area contributed by atoms with Crippen molar-refractivity contribution in [1.82, 2.24) is 9.55 Å². The van der Waals surface area contributed by atoms with Gasteiger partial charge in [-0.2, -0.15) is 0 Å². The zero-order chi connectivity index (χ0) is 10.6. The highest BCUT2D eigenvalue weighted by atomic mass is 16.5. The second-order valence-corrected chi connectivity index (χ2v) is 3.64. The van der Waals surface area contributed by atoms with Crippen LogP contribution in [0.2, 0.25) is 0 Å². The van der Waals surface area contributed by atoms with Crippen LogP contribution in [0, 0.1) is 0 Å². The average molecular weight is 198 g/mol. The molecule has 1 rings (SSSR count). The fraction of sp³-hybridized carbons (Fsp3) is 0.700. The van der Waals surface area contributed by atoms with Crippen molar-refractivity contribution >= 4 is 0 Å². The number of aromatic nitrogens is 2. The lowest BCUT2D eigenvalue weighted by Crippen LogP contribution is -2.36. The lowest BCUT2D eigenvalue weighted by atomic mass is 9.97. The molecule has 0 aromatic carbocycles. The summed E-state index contributed by atoms with van der Waals surface area (Å²) in [6.07, 6.45) is 4.80. The molecular weight excluding hydrogens is 180 g/mol. The number of nitrogens with zero attached hydrogens (tertiary/aromatic N) is 2. The summed E-state index contributed by atoms with van der Waals surface area (Å²) in [4.78, 5) is 4.18. The number of ether oxygens (including phenoxy) is 1. The van der Waals surface area contributed by atoms with Gasteiger partial charge in [0.25, 0.3) is 0 Å². The molecule has 1 atom stereocenters. The van der Waals surface area contributed by atoms with Crippen LogP contribution in [0.5, 0.6) is 0 Å². The first-order valence-corrected chi connectivity index (χ1v) is 4.79. The van der Waals surface area contributed by atoms with Crippen LogP contribution in [0.1, 0.15) is 19.2 Å². The smallest absolute Gasteiger partial charge is 0.111 e. The van der Waals surface area contributed by atoms with Gasteiger partial charge in [-0.1, -0.05) is 6.92 Å². The molecule has 80 valence electrons. The van der Waals surface area contributed by atoms with E-state index < -0.39 is 5.60 Å². The van der Waals surface area contributed by atoms with E-state index in [1.807, 2.05) is 24.7 Å². The maximum Gasteiger partial charge on any atom is 0.111 e. The van der Waals surface area contributed by atoms with Crippen molar-refractivity contribution in [3.05, 3.63) is 18.2 Å². The van der Waals surface area contributed by atoms with E-state index >= 15 is 0 Å². The van der Waals surface area contributed by atoms with Crippen LogP contribution < -0.4 is 0 Å². The quantitative estimate of drug-likeness (QED) is 0.759. The van der Waals surface area contributed by atoms with Gasteiger partial charge in [0.2, 0.25) is 0 Å². The van der Waals surface area contributed by atoms with Gasteiger partial charge >= 0.3 is 0 Å². The fourth-order valence-electron chi connectivity index (χ4n) is 1.41. The predicted molar refractivity (Wildman–Crippen MR) is 54.0 cm³/mol. The van der Waals surface area contributed by atoms with Crippen LogP contribution in [0.15, 0.2) is 12.4 Å². The molecule has 1 unspecified atom stereocenters. The van der Waals surface area contributed by atoms with Crippen LogP contribution in [0.25, 0.3) is 0 Å². The van der Waals surface area contributed by atoms with Crippen molar-refractivity contribution in [3.63, 3.8) is 0 Å². The Morgan fingerprint density at radius 1 is 1.64 bits per heavy atom. The molecule has 0 saturated heterocycles. The molecule has 0 bridgehead atoms. The lowest BCUT2D eigenvalue weighted by Gasteiger charge is -2.25. The van der Waals surface area contributed by atoms with E-state index in [1.54, 1.807) is 13.3 Å². The van der Waals surface area contributed by atoms with Crippen LogP contribution in [-0.4, -0.2) is 34.0 Å². The Balaban J connectivity index is 2.69. The van der Waals surface area contributed by atoms with Gasteiger partial charge in [-0.3, -0.25) is 0 Å². The van der Waals surface area contributed by atoms with Gasteiger partial charge in [-0.25, -0.2) is 4.98 Å². The van der Waals surface area contributed by atoms with E-state index in [0.29, 0.717) is 19.4 Å². The average Bonchev–Trinajstić information content (AvgIpc) is 2.52. The molecule has 4 nitrogen and oxygen atoms in total. The molecule has 14 heavy (non-hydrogen) atoms. The van der Waals surface area contributed by atoms with Gasteiger partial charge in [-0.05, 0) is 6.42 Å². The van der Waals surface area contributed by atoms with Crippen molar-refractivity contribution in [2.24, 2.45) is 7.05 Å². The van der Waals surface area contributed by atoms with Gasteiger partial charge < -0.3 is 14.4 Å². The Hall–Kier alpha value is -0.870. The van der Waals surface area contributed by atoms with E-state index in [0.717, 1.165) is 5.82 Å². The number of imidazole rings is 1. The fourth-order valence-corrected chi connectivity index (χ4v) is 1.41. The third kappa shape index (κ3) is 2.56. The Kier molecular flexibility index (Phi) is 3.66. The minimum Gasteiger partial charge on any atom is -0.387 e. The topological polar surface area (TPSA) is 47.3 Å². The van der Waals surface area contributed by atoms with Crippen LogP contribution >= 0.6 is 0 Å². The standard InChI is InChI=1S/C10H18N2O2/c1-4-10(13,8-14-3)7-9-11-5-6-12(9)2/h5-6,13H,4,7-8H2,1-3H3. The Labute approximate surface area is 84.5 Å². The second kappa shape index (κ2) is 4.57. The molecule has 0 spiro atoms. The predicted octanol–water partition coefficient (Wildman–Crippen LogP) is 0.750. The summed E-state index contributed by atoms with van der Waals surface area (Å²) in [6, 6.07) is 0. The zero-order valence-corrected chi connectivity index (χ0v) is 9.03. The van der Waals surface area contributed by atoms with E-state index in [1.165, 1.54) is 0 Å². The van der Waals surface area contributed by atoms with E-state index in [4.69, 9.17) is 4.74 Å². The van der Waals surface area contributed by atoms with Crippen molar-refractivity contribution in [2.45, 2.75) is 25.4 Å². The van der Waals surface area contributed by atoms with E-state index in [-0.39, 0.29) is 0 Å². The summed E-state index contributed by atoms with van der Waals surface area (Å²) in [5.41, 5.74) is -0.798. The van der Waals surface area contributed by atoms with E-state index in [9.17, 15) is 5.11 Å². The summed E-state index contributed by atoms with van der Waals surface area (Å²) < 4.78 is 6.91. The molecule has 1 aromatic heterocycles. The lowest BCUT2D eigenvalue weighted by molar-refractivity contribution is -0.0349. The van der Waals surface area contributed by atoms with Crippen LogP contribution in [-0.2, 0) is 18.2 Å². The number of aliphatic hydroxyl groups is 1. The van der Waals surface area contributed by atoms with E-state index in [2.05, 4.69) is 4.98 Å². The molecule has 0 saturated carbocycles. The third-order valence-corrected chi connectivity index (χ3v) is 2.48. The number of hydrogen-bond donors (Lipinski definition) is 1. The molecular formula is C10H18N2O2. The van der Waals surface area contributed by atoms with Crippen molar-refractivity contribution < 1.29 is 9.84 Å². The largest absolute Gasteiger partial charge is 0.387 e. The number of aryl methyl sites for hydroxylation is 1. The Bertz CT molecular complexity index is 285. The van der Waals surface area contributed by atoms with Crippen molar-refractivity contribution in [2.75, 3.05) is 13.7 Å². The molecule has 1 aromatic rings. The molecule has 0 aliphatic heterocycles. The monoisotopic (exact) mass is 198 g/mol. The van der Waals surface area contributed by atoms with Gasteiger partial charge in [0.15, 0.2) is 0 Å². The first-order chi connectivity index (χ1) is 6.61. The van der Waals surface area contributed by atoms with Crippen molar-refractivity contribution in [1.29, 1.82) is 0 Å². The first-order valence-electron chi connectivity index (χ1n) is 4.79. The summed E-state index contributed by atoms with van der Waals surface area (Å²) >= 11 is 0.